The number of fused-ring (bicyclic) bond motifs is 1. The molecule has 1 aromatic carbocycles. The van der Waals surface area contributed by atoms with Gasteiger partial charge in [0.2, 0.25) is 5.95 Å². The zero-order valence-corrected chi connectivity index (χ0v) is 9.79. The van der Waals surface area contributed by atoms with Crippen molar-refractivity contribution in [2.75, 3.05) is 11.5 Å². The SMILES string of the molecule is Nc1nc2nc(N)c(-c3ccccc3)nc2c(=O)[nH]1. The van der Waals surface area contributed by atoms with Crippen LogP contribution in [0.2, 0.25) is 0 Å². The van der Waals surface area contributed by atoms with Crippen molar-refractivity contribution in [1.29, 1.82) is 0 Å². The van der Waals surface area contributed by atoms with Gasteiger partial charge in [0.15, 0.2) is 17.0 Å². The minimum atomic E-state index is -0.438. The summed E-state index contributed by atoms with van der Waals surface area (Å²) >= 11 is 0. The molecule has 3 rings (SSSR count). The standard InChI is InChI=1S/C12H10N6O/c13-9-7(6-4-2-1-3-5-6)15-8-10(16-9)17-12(14)18-11(8)19/h1-5H,(H5,13,14,16,17,18,19). The monoisotopic (exact) mass is 254 g/mol. The molecular formula is C12H10N6O. The molecule has 0 aliphatic heterocycles. The molecule has 5 N–H and O–H groups in total. The van der Waals surface area contributed by atoms with Crippen LogP contribution in [-0.2, 0) is 0 Å². The van der Waals surface area contributed by atoms with Crippen molar-refractivity contribution in [3.05, 3.63) is 40.7 Å². The molecule has 7 heteroatoms. The largest absolute Gasteiger partial charge is 0.382 e. The van der Waals surface area contributed by atoms with Crippen LogP contribution in [0, 0.1) is 0 Å². The van der Waals surface area contributed by atoms with Crippen LogP contribution in [-0.4, -0.2) is 19.9 Å². The summed E-state index contributed by atoms with van der Waals surface area (Å²) in [7, 11) is 0. The zero-order valence-electron chi connectivity index (χ0n) is 9.79. The second kappa shape index (κ2) is 4.05. The Hall–Kier alpha value is -2.96. The Labute approximate surface area is 107 Å². The molecule has 0 aliphatic rings. The number of nitrogens with one attached hydrogen (secondary N) is 1. The normalized spacial score (nSPS) is 10.7. The highest BCUT2D eigenvalue weighted by Gasteiger charge is 2.11. The van der Waals surface area contributed by atoms with Crippen LogP contribution < -0.4 is 17.0 Å². The first kappa shape index (κ1) is 11.1. The van der Waals surface area contributed by atoms with Gasteiger partial charge in [-0.15, -0.1) is 0 Å². The molecule has 0 unspecified atom stereocenters. The number of hydrogen-bond acceptors (Lipinski definition) is 6. The first-order valence-corrected chi connectivity index (χ1v) is 5.53. The molecule has 0 radical (unpaired) electrons. The molecule has 3 aromatic rings. The summed E-state index contributed by atoms with van der Waals surface area (Å²) in [4.78, 5) is 26.4. The molecule has 0 bridgehead atoms. The van der Waals surface area contributed by atoms with E-state index in [-0.39, 0.29) is 22.9 Å². The van der Waals surface area contributed by atoms with Crippen LogP contribution in [0.25, 0.3) is 22.4 Å². The summed E-state index contributed by atoms with van der Waals surface area (Å²) in [6.07, 6.45) is 0. The molecule has 2 aromatic heterocycles. The van der Waals surface area contributed by atoms with Crippen molar-refractivity contribution in [3.63, 3.8) is 0 Å². The summed E-state index contributed by atoms with van der Waals surface area (Å²) in [5, 5.41) is 0. The molecule has 0 saturated carbocycles. The van der Waals surface area contributed by atoms with Gasteiger partial charge < -0.3 is 11.5 Å². The number of nitrogens with two attached hydrogens (primary N) is 2. The van der Waals surface area contributed by atoms with Crippen molar-refractivity contribution in [2.45, 2.75) is 0 Å². The fraction of sp³-hybridized carbons (Fsp3) is 0. The molecule has 0 spiro atoms. The van der Waals surface area contributed by atoms with Crippen molar-refractivity contribution in [3.8, 4) is 11.3 Å². The van der Waals surface area contributed by atoms with Gasteiger partial charge in [0.25, 0.3) is 5.56 Å². The van der Waals surface area contributed by atoms with Gasteiger partial charge in [0, 0.05) is 5.56 Å². The Morgan fingerprint density at radius 3 is 2.47 bits per heavy atom. The fourth-order valence-electron chi connectivity index (χ4n) is 1.80. The van der Waals surface area contributed by atoms with Crippen LogP contribution in [0.4, 0.5) is 11.8 Å². The summed E-state index contributed by atoms with van der Waals surface area (Å²) in [5.74, 6) is 0.190. The molecule has 94 valence electrons. The summed E-state index contributed by atoms with van der Waals surface area (Å²) in [6, 6.07) is 9.26. The number of anilines is 2. The lowest BCUT2D eigenvalue weighted by Crippen LogP contribution is -2.14. The molecular weight excluding hydrogens is 244 g/mol. The predicted octanol–water partition coefficient (Wildman–Crippen LogP) is 0.544. The molecule has 2 heterocycles. The highest BCUT2D eigenvalue weighted by atomic mass is 16.1. The Morgan fingerprint density at radius 1 is 1.00 bits per heavy atom. The number of nitrogen functional groups attached to an aromatic ring is 2. The van der Waals surface area contributed by atoms with Gasteiger partial charge in [-0.1, -0.05) is 30.3 Å². The number of benzene rings is 1. The van der Waals surface area contributed by atoms with E-state index in [4.69, 9.17) is 11.5 Å². The molecule has 0 aliphatic carbocycles. The van der Waals surface area contributed by atoms with E-state index in [1.54, 1.807) is 0 Å². The highest BCUT2D eigenvalue weighted by Crippen LogP contribution is 2.22. The van der Waals surface area contributed by atoms with Crippen LogP contribution in [0.15, 0.2) is 35.1 Å². The van der Waals surface area contributed by atoms with Gasteiger partial charge >= 0.3 is 0 Å². The lowest BCUT2D eigenvalue weighted by Gasteiger charge is -2.05. The number of hydrogen-bond donors (Lipinski definition) is 3. The third kappa shape index (κ3) is 1.86. The number of rotatable bonds is 1. The topological polar surface area (TPSA) is 124 Å². The predicted molar refractivity (Wildman–Crippen MR) is 72.2 cm³/mol. The van der Waals surface area contributed by atoms with E-state index in [0.29, 0.717) is 5.69 Å². The average molecular weight is 254 g/mol. The summed E-state index contributed by atoms with van der Waals surface area (Å²) in [5.41, 5.74) is 12.3. The minimum Gasteiger partial charge on any atom is -0.382 e. The van der Waals surface area contributed by atoms with E-state index >= 15 is 0 Å². The summed E-state index contributed by atoms with van der Waals surface area (Å²) < 4.78 is 0. The van der Waals surface area contributed by atoms with E-state index in [2.05, 4.69) is 19.9 Å². The van der Waals surface area contributed by atoms with E-state index < -0.39 is 5.56 Å². The zero-order chi connectivity index (χ0) is 13.4. The van der Waals surface area contributed by atoms with Crippen molar-refractivity contribution < 1.29 is 0 Å². The minimum absolute atomic E-state index is 0.0151. The van der Waals surface area contributed by atoms with E-state index in [0.717, 1.165) is 5.56 Å². The molecule has 0 atom stereocenters. The van der Waals surface area contributed by atoms with E-state index in [1.807, 2.05) is 30.3 Å². The Morgan fingerprint density at radius 2 is 1.74 bits per heavy atom. The first-order valence-electron chi connectivity index (χ1n) is 5.53. The number of aromatic nitrogens is 4. The van der Waals surface area contributed by atoms with Gasteiger partial charge in [0.05, 0.1) is 0 Å². The van der Waals surface area contributed by atoms with Gasteiger partial charge in [-0.2, -0.15) is 4.98 Å². The maximum Gasteiger partial charge on any atom is 0.280 e. The van der Waals surface area contributed by atoms with Crippen molar-refractivity contribution in [1.82, 2.24) is 19.9 Å². The van der Waals surface area contributed by atoms with E-state index in [9.17, 15) is 4.79 Å². The molecule has 0 amide bonds. The van der Waals surface area contributed by atoms with Crippen LogP contribution in [0.5, 0.6) is 0 Å². The Bertz CT molecular complexity index is 812. The smallest absolute Gasteiger partial charge is 0.280 e. The number of aromatic amines is 1. The van der Waals surface area contributed by atoms with Crippen molar-refractivity contribution >= 4 is 22.9 Å². The molecule has 19 heavy (non-hydrogen) atoms. The number of H-pyrrole nitrogens is 1. The van der Waals surface area contributed by atoms with Crippen LogP contribution in [0.3, 0.4) is 0 Å². The van der Waals surface area contributed by atoms with Gasteiger partial charge in [-0.3, -0.25) is 9.78 Å². The fourth-order valence-corrected chi connectivity index (χ4v) is 1.80. The van der Waals surface area contributed by atoms with E-state index in [1.165, 1.54) is 0 Å². The molecule has 0 saturated heterocycles. The second-order valence-corrected chi connectivity index (χ2v) is 3.95. The van der Waals surface area contributed by atoms with Gasteiger partial charge in [-0.05, 0) is 0 Å². The lowest BCUT2D eigenvalue weighted by molar-refractivity contribution is 1.13. The quantitative estimate of drug-likeness (QED) is 0.582. The Balaban J connectivity index is 2.34. The second-order valence-electron chi connectivity index (χ2n) is 3.95. The maximum atomic E-state index is 11.8. The van der Waals surface area contributed by atoms with Crippen LogP contribution >= 0.6 is 0 Å². The molecule has 7 nitrogen and oxygen atoms in total. The lowest BCUT2D eigenvalue weighted by atomic mass is 10.1. The van der Waals surface area contributed by atoms with Crippen LogP contribution in [0.1, 0.15) is 0 Å². The number of nitrogens with zero attached hydrogens (tertiary/aromatic N) is 3. The average Bonchev–Trinajstić information content (AvgIpc) is 2.38. The van der Waals surface area contributed by atoms with Crippen molar-refractivity contribution in [2.24, 2.45) is 0 Å². The summed E-state index contributed by atoms with van der Waals surface area (Å²) in [6.45, 7) is 0. The first-order chi connectivity index (χ1) is 9.15. The van der Waals surface area contributed by atoms with Gasteiger partial charge in [-0.25, -0.2) is 9.97 Å². The van der Waals surface area contributed by atoms with Gasteiger partial charge in [0.1, 0.15) is 5.69 Å². The Kier molecular flexibility index (Phi) is 2.38. The molecule has 0 fully saturated rings. The maximum absolute atomic E-state index is 11.8. The third-order valence-electron chi connectivity index (χ3n) is 2.63. The third-order valence-corrected chi connectivity index (χ3v) is 2.63. The highest BCUT2D eigenvalue weighted by molar-refractivity contribution is 5.79.